The number of hydrogen-bond acceptors (Lipinski definition) is 8. The van der Waals surface area contributed by atoms with E-state index in [0.29, 0.717) is 53.2 Å². The van der Waals surface area contributed by atoms with E-state index in [-0.39, 0.29) is 31.0 Å². The second-order valence-electron chi connectivity index (χ2n) is 9.46. The highest BCUT2D eigenvalue weighted by atomic mass is 35.5. The molecule has 5 rings (SSSR count). The Morgan fingerprint density at radius 2 is 2.05 bits per heavy atom. The van der Waals surface area contributed by atoms with Gasteiger partial charge in [-0.25, -0.2) is 9.97 Å². The maximum Gasteiger partial charge on any atom is 0.254 e. The molecular formula is C27H29ClN6O4. The number of ether oxygens (including phenoxy) is 1. The van der Waals surface area contributed by atoms with Gasteiger partial charge in [0.1, 0.15) is 6.54 Å². The highest BCUT2D eigenvalue weighted by Crippen LogP contribution is 2.31. The molecule has 10 nitrogen and oxygen atoms in total. The predicted octanol–water partition coefficient (Wildman–Crippen LogP) is 2.90. The number of aliphatic hydroxyl groups is 1. The van der Waals surface area contributed by atoms with Crippen molar-refractivity contribution in [3.63, 3.8) is 0 Å². The molecule has 3 aromatic rings. The summed E-state index contributed by atoms with van der Waals surface area (Å²) in [5.41, 5.74) is 3.89. The zero-order valence-corrected chi connectivity index (χ0v) is 21.7. The molecule has 4 heterocycles. The highest BCUT2D eigenvalue weighted by Gasteiger charge is 2.30. The number of carbonyl (C=O) groups is 2. The van der Waals surface area contributed by atoms with Crippen LogP contribution in [0.2, 0.25) is 5.02 Å². The van der Waals surface area contributed by atoms with Crippen molar-refractivity contribution in [1.82, 2.24) is 25.2 Å². The number of amides is 2. The van der Waals surface area contributed by atoms with Gasteiger partial charge in [-0.3, -0.25) is 14.6 Å². The van der Waals surface area contributed by atoms with Crippen molar-refractivity contribution in [1.29, 1.82) is 0 Å². The smallest absolute Gasteiger partial charge is 0.254 e. The first-order valence-corrected chi connectivity index (χ1v) is 12.9. The van der Waals surface area contributed by atoms with Gasteiger partial charge in [-0.05, 0) is 43.5 Å². The van der Waals surface area contributed by atoms with Gasteiger partial charge in [0.15, 0.2) is 0 Å². The molecule has 1 unspecified atom stereocenters. The molecule has 1 fully saturated rings. The van der Waals surface area contributed by atoms with Crippen LogP contribution in [0.1, 0.15) is 46.2 Å². The standard InChI is InChI=1S/C27H29ClN6O4/c1-16-3-2-4-22(30-16)23(15-35)32-24(36)14-34-13-18-6-5-17(11-20(18)26(34)37)25-21(28)12-29-27(33-25)31-19-7-9-38-10-8-19/h2-6,11-12,19,23,35H,7-10,13-15H2,1H3,(H,32,36)(H,29,31,33). The van der Waals surface area contributed by atoms with Gasteiger partial charge in [0, 0.05) is 42.6 Å². The molecule has 1 aromatic carbocycles. The number of aromatic nitrogens is 3. The van der Waals surface area contributed by atoms with Crippen LogP contribution in [0.25, 0.3) is 11.3 Å². The monoisotopic (exact) mass is 536 g/mol. The SMILES string of the molecule is Cc1cccc(C(CO)NC(=O)CN2Cc3ccc(-c4nc(NC5CCOCC5)ncc4Cl)cc3C2=O)n1. The van der Waals surface area contributed by atoms with Gasteiger partial charge in [0.2, 0.25) is 11.9 Å². The Hall–Kier alpha value is -3.60. The van der Waals surface area contributed by atoms with Crippen LogP contribution in [0.4, 0.5) is 5.95 Å². The van der Waals surface area contributed by atoms with Crippen molar-refractivity contribution in [2.75, 3.05) is 31.7 Å². The second-order valence-corrected chi connectivity index (χ2v) is 9.87. The Morgan fingerprint density at radius 1 is 1.24 bits per heavy atom. The molecule has 1 saturated heterocycles. The maximum atomic E-state index is 13.2. The molecule has 0 aliphatic carbocycles. The van der Waals surface area contributed by atoms with Crippen LogP contribution < -0.4 is 10.6 Å². The number of anilines is 1. The molecule has 2 aliphatic rings. The number of nitrogens with zero attached hydrogens (tertiary/aromatic N) is 4. The molecule has 0 saturated carbocycles. The number of nitrogens with one attached hydrogen (secondary N) is 2. The lowest BCUT2D eigenvalue weighted by atomic mass is 10.0. The fourth-order valence-corrected chi connectivity index (χ4v) is 4.88. The number of aliphatic hydroxyl groups excluding tert-OH is 1. The van der Waals surface area contributed by atoms with Gasteiger partial charge >= 0.3 is 0 Å². The molecular weight excluding hydrogens is 508 g/mol. The molecule has 0 radical (unpaired) electrons. The second kappa shape index (κ2) is 11.4. The van der Waals surface area contributed by atoms with E-state index in [2.05, 4.69) is 25.6 Å². The van der Waals surface area contributed by atoms with Crippen LogP contribution in [0.5, 0.6) is 0 Å². The van der Waals surface area contributed by atoms with Crippen molar-refractivity contribution < 1.29 is 19.4 Å². The summed E-state index contributed by atoms with van der Waals surface area (Å²) < 4.78 is 5.41. The van der Waals surface area contributed by atoms with E-state index < -0.39 is 6.04 Å². The van der Waals surface area contributed by atoms with Crippen molar-refractivity contribution >= 4 is 29.4 Å². The lowest BCUT2D eigenvalue weighted by Gasteiger charge is -2.23. The van der Waals surface area contributed by atoms with Crippen LogP contribution in [0, 0.1) is 6.92 Å². The van der Waals surface area contributed by atoms with Gasteiger partial charge in [-0.15, -0.1) is 0 Å². The van der Waals surface area contributed by atoms with Gasteiger partial charge in [-0.2, -0.15) is 0 Å². The third-order valence-corrected chi connectivity index (χ3v) is 6.96. The van der Waals surface area contributed by atoms with E-state index >= 15 is 0 Å². The lowest BCUT2D eigenvalue weighted by Crippen LogP contribution is -2.40. The Kier molecular flexibility index (Phi) is 7.82. The summed E-state index contributed by atoms with van der Waals surface area (Å²) in [5, 5.41) is 16.3. The number of rotatable bonds is 8. The summed E-state index contributed by atoms with van der Waals surface area (Å²) in [6.45, 7) is 3.10. The van der Waals surface area contributed by atoms with Gasteiger partial charge in [0.05, 0.1) is 35.3 Å². The third-order valence-electron chi connectivity index (χ3n) is 6.68. The lowest BCUT2D eigenvalue weighted by molar-refractivity contribution is -0.122. The van der Waals surface area contributed by atoms with Crippen LogP contribution in [0.15, 0.2) is 42.6 Å². The van der Waals surface area contributed by atoms with Gasteiger partial charge in [0.25, 0.3) is 5.91 Å². The minimum atomic E-state index is -0.655. The number of hydrogen-bond donors (Lipinski definition) is 3. The summed E-state index contributed by atoms with van der Waals surface area (Å²) in [6, 6.07) is 10.5. The first-order chi connectivity index (χ1) is 18.4. The summed E-state index contributed by atoms with van der Waals surface area (Å²) in [5.74, 6) is -0.156. The zero-order valence-electron chi connectivity index (χ0n) is 21.0. The normalized spacial score (nSPS) is 16.3. The zero-order chi connectivity index (χ0) is 26.6. The summed E-state index contributed by atoms with van der Waals surface area (Å²) in [7, 11) is 0. The quantitative estimate of drug-likeness (QED) is 0.401. The molecule has 38 heavy (non-hydrogen) atoms. The van der Waals surface area contributed by atoms with Crippen LogP contribution >= 0.6 is 11.6 Å². The average Bonchev–Trinajstić information content (AvgIpc) is 3.23. The summed E-state index contributed by atoms with van der Waals surface area (Å²) in [6.07, 6.45) is 3.30. The molecule has 1 atom stereocenters. The number of fused-ring (bicyclic) bond motifs is 1. The molecule has 198 valence electrons. The van der Waals surface area contributed by atoms with Gasteiger partial charge < -0.3 is 25.4 Å². The van der Waals surface area contributed by atoms with Crippen molar-refractivity contribution in [3.05, 3.63) is 70.1 Å². The molecule has 2 aromatic heterocycles. The number of benzene rings is 1. The number of halogens is 1. The van der Waals surface area contributed by atoms with E-state index in [1.165, 1.54) is 4.90 Å². The molecule has 0 bridgehead atoms. The van der Waals surface area contributed by atoms with Crippen molar-refractivity contribution in [3.8, 4) is 11.3 Å². The Bertz CT molecular complexity index is 1350. The van der Waals surface area contributed by atoms with Crippen molar-refractivity contribution in [2.45, 2.75) is 38.4 Å². The predicted molar refractivity (Wildman–Crippen MR) is 142 cm³/mol. The molecule has 2 aliphatic heterocycles. The largest absolute Gasteiger partial charge is 0.394 e. The average molecular weight is 537 g/mol. The number of pyridine rings is 1. The summed E-state index contributed by atoms with van der Waals surface area (Å²) in [4.78, 5) is 40.7. The first kappa shape index (κ1) is 26.0. The number of aryl methyl sites for hydroxylation is 1. The van der Waals surface area contributed by atoms with Gasteiger partial charge in [-0.1, -0.05) is 29.8 Å². The third kappa shape index (κ3) is 5.77. The van der Waals surface area contributed by atoms with E-state index in [4.69, 9.17) is 16.3 Å². The highest BCUT2D eigenvalue weighted by molar-refractivity contribution is 6.33. The molecule has 11 heteroatoms. The minimum Gasteiger partial charge on any atom is -0.394 e. The Labute approximate surface area is 225 Å². The molecule has 0 spiro atoms. The summed E-state index contributed by atoms with van der Waals surface area (Å²) >= 11 is 6.43. The van der Waals surface area contributed by atoms with Crippen LogP contribution in [-0.2, 0) is 16.1 Å². The van der Waals surface area contributed by atoms with E-state index in [1.807, 2.05) is 31.2 Å². The van der Waals surface area contributed by atoms with E-state index in [0.717, 1.165) is 24.1 Å². The fraction of sp³-hybridized carbons (Fsp3) is 0.370. The van der Waals surface area contributed by atoms with Crippen LogP contribution in [-0.4, -0.2) is 69.2 Å². The first-order valence-electron chi connectivity index (χ1n) is 12.5. The fourth-order valence-electron chi connectivity index (χ4n) is 4.68. The number of carbonyl (C=O) groups excluding carboxylic acids is 2. The Balaban J connectivity index is 1.28. The van der Waals surface area contributed by atoms with E-state index in [1.54, 1.807) is 18.3 Å². The molecule has 3 N–H and O–H groups in total. The van der Waals surface area contributed by atoms with Crippen LogP contribution in [0.3, 0.4) is 0 Å². The Morgan fingerprint density at radius 3 is 2.82 bits per heavy atom. The topological polar surface area (TPSA) is 130 Å². The maximum absolute atomic E-state index is 13.2. The molecule has 2 amide bonds. The van der Waals surface area contributed by atoms with E-state index in [9.17, 15) is 14.7 Å². The minimum absolute atomic E-state index is 0.140. The van der Waals surface area contributed by atoms with Crippen molar-refractivity contribution in [2.24, 2.45) is 0 Å².